The molecule has 12 heteroatoms. The van der Waals surface area contributed by atoms with Crippen molar-refractivity contribution in [2.24, 2.45) is 0 Å². The van der Waals surface area contributed by atoms with Gasteiger partial charge in [-0.3, -0.25) is 14.4 Å². The van der Waals surface area contributed by atoms with E-state index in [1.54, 1.807) is 12.1 Å². The van der Waals surface area contributed by atoms with Gasteiger partial charge in [0.15, 0.2) is 11.5 Å². The molecule has 0 fully saturated rings. The maximum atomic E-state index is 14.6. The van der Waals surface area contributed by atoms with E-state index in [9.17, 15) is 23.9 Å². The largest absolute Gasteiger partial charge is 0.493 e. The van der Waals surface area contributed by atoms with Crippen LogP contribution in [0.1, 0.15) is 22.3 Å². The second-order valence-electron chi connectivity index (χ2n) is 8.71. The Hall–Kier alpha value is -3.07. The van der Waals surface area contributed by atoms with Gasteiger partial charge in [-0.15, -0.1) is 0 Å². The number of methoxy groups -OCH3 is 2. The minimum absolute atomic E-state index is 0.00462. The molecule has 0 aliphatic heterocycles. The summed E-state index contributed by atoms with van der Waals surface area (Å²) in [5, 5.41) is 23.2. The lowest BCUT2D eigenvalue weighted by molar-refractivity contribution is -0.143. The summed E-state index contributed by atoms with van der Waals surface area (Å²) in [6.45, 7) is -0.813. The second-order valence-corrected chi connectivity index (χ2v) is 9.88. The molecule has 0 heterocycles. The maximum absolute atomic E-state index is 14.6. The Kier molecular flexibility index (Phi) is 11.2. The van der Waals surface area contributed by atoms with Crippen molar-refractivity contribution in [1.29, 1.82) is 0 Å². The zero-order chi connectivity index (χ0) is 28.5. The van der Waals surface area contributed by atoms with Crippen molar-refractivity contribution in [1.82, 2.24) is 10.2 Å². The number of aliphatic hydroxyl groups is 2. The molecule has 0 saturated carbocycles. The summed E-state index contributed by atoms with van der Waals surface area (Å²) >= 11 is 1.96. The standard InChI is InChI=1S/C27H30FIN2O8/c1-37-15-24(34)31(13-17-5-3-4-6-19(17)28)21-11-18(27(36)30-7-8-32)12-22(25(21)35)39-26-20(29)9-16(14-33)10-23(26)38-2/h3-6,9-10,12,14,21-22,25,32,35H,7-8,11,13,15H2,1-2H3,(H,30,36)/t21-,22+,25+/m1/s1. The lowest BCUT2D eigenvalue weighted by Gasteiger charge is -2.40. The summed E-state index contributed by atoms with van der Waals surface area (Å²) in [6, 6.07) is 7.99. The molecule has 3 N–H and O–H groups in total. The average Bonchev–Trinajstić information content (AvgIpc) is 2.93. The molecule has 0 aromatic heterocycles. The lowest BCUT2D eigenvalue weighted by atomic mass is 9.87. The van der Waals surface area contributed by atoms with Crippen LogP contribution >= 0.6 is 22.6 Å². The quantitative estimate of drug-likeness (QED) is 0.233. The van der Waals surface area contributed by atoms with Crippen LogP contribution in [-0.2, 0) is 20.9 Å². The fourth-order valence-corrected chi connectivity index (χ4v) is 5.00. The van der Waals surface area contributed by atoms with Crippen LogP contribution < -0.4 is 14.8 Å². The van der Waals surface area contributed by atoms with Crippen molar-refractivity contribution in [2.75, 3.05) is 34.0 Å². The molecular weight excluding hydrogens is 626 g/mol. The lowest BCUT2D eigenvalue weighted by Crippen LogP contribution is -2.55. The number of nitrogens with one attached hydrogen (secondary N) is 1. The first-order valence-electron chi connectivity index (χ1n) is 12.0. The molecule has 2 aromatic rings. The topological polar surface area (TPSA) is 135 Å². The Morgan fingerprint density at radius 1 is 1.26 bits per heavy atom. The van der Waals surface area contributed by atoms with Crippen molar-refractivity contribution in [3.8, 4) is 11.5 Å². The predicted molar refractivity (Wildman–Crippen MR) is 147 cm³/mol. The highest BCUT2D eigenvalue weighted by Crippen LogP contribution is 2.37. The summed E-state index contributed by atoms with van der Waals surface area (Å²) in [5.41, 5.74) is 0.769. The van der Waals surface area contributed by atoms with Gasteiger partial charge in [0.2, 0.25) is 11.8 Å². The van der Waals surface area contributed by atoms with E-state index in [-0.39, 0.29) is 55.4 Å². The molecule has 1 aliphatic carbocycles. The Labute approximate surface area is 238 Å². The third-order valence-electron chi connectivity index (χ3n) is 6.14. The van der Waals surface area contributed by atoms with E-state index >= 15 is 0 Å². The number of hydrogen-bond donors (Lipinski definition) is 3. The van der Waals surface area contributed by atoms with Crippen molar-refractivity contribution in [3.05, 3.63) is 68.6 Å². The van der Waals surface area contributed by atoms with Crippen molar-refractivity contribution in [2.45, 2.75) is 31.2 Å². The molecule has 2 amide bonds. The van der Waals surface area contributed by atoms with Crippen LogP contribution in [0, 0.1) is 9.39 Å². The number of carbonyl (C=O) groups is 3. The molecular formula is C27H30FIN2O8. The third-order valence-corrected chi connectivity index (χ3v) is 6.94. The van der Waals surface area contributed by atoms with Crippen LogP contribution in [0.3, 0.4) is 0 Å². The van der Waals surface area contributed by atoms with Gasteiger partial charge in [-0.25, -0.2) is 4.39 Å². The minimum atomic E-state index is -1.35. The van der Waals surface area contributed by atoms with Gasteiger partial charge >= 0.3 is 0 Å². The first-order chi connectivity index (χ1) is 18.7. The van der Waals surface area contributed by atoms with E-state index in [1.165, 1.54) is 49.5 Å². The molecule has 0 radical (unpaired) electrons. The van der Waals surface area contributed by atoms with Crippen LogP contribution in [0.15, 0.2) is 48.0 Å². The van der Waals surface area contributed by atoms with E-state index in [1.807, 2.05) is 22.6 Å². The minimum Gasteiger partial charge on any atom is -0.493 e. The number of nitrogens with zero attached hydrogens (tertiary/aromatic N) is 1. The highest BCUT2D eigenvalue weighted by atomic mass is 127. The number of hydrogen-bond acceptors (Lipinski definition) is 8. The number of benzene rings is 2. The Bertz CT molecular complexity index is 1220. The van der Waals surface area contributed by atoms with Gasteiger partial charge in [-0.05, 0) is 46.9 Å². The number of ether oxygens (including phenoxy) is 3. The summed E-state index contributed by atoms with van der Waals surface area (Å²) < 4.78 is 31.7. The van der Waals surface area contributed by atoms with Crippen LogP contribution in [0.2, 0.25) is 0 Å². The van der Waals surface area contributed by atoms with Crippen molar-refractivity contribution >= 4 is 40.7 Å². The van der Waals surface area contributed by atoms with Gasteiger partial charge in [0.25, 0.3) is 0 Å². The summed E-state index contributed by atoms with van der Waals surface area (Å²) in [5.74, 6) is -1.11. The molecule has 0 unspecified atom stereocenters. The first kappa shape index (κ1) is 30.5. The second kappa shape index (κ2) is 14.4. The van der Waals surface area contributed by atoms with Crippen LogP contribution in [0.25, 0.3) is 0 Å². The Balaban J connectivity index is 2.05. The van der Waals surface area contributed by atoms with Gasteiger partial charge < -0.3 is 34.6 Å². The summed E-state index contributed by atoms with van der Waals surface area (Å²) in [6.07, 6.45) is -0.453. The Morgan fingerprint density at radius 2 is 2.00 bits per heavy atom. The number of carbonyl (C=O) groups excluding carboxylic acids is 3. The number of halogens is 2. The molecule has 1 aliphatic rings. The van der Waals surface area contributed by atoms with Crippen LogP contribution in [0.4, 0.5) is 4.39 Å². The predicted octanol–water partition coefficient (Wildman–Crippen LogP) is 1.84. The first-order valence-corrected chi connectivity index (χ1v) is 13.1. The van der Waals surface area contributed by atoms with E-state index < -0.39 is 35.9 Å². The molecule has 210 valence electrons. The fraction of sp³-hybridized carbons (Fsp3) is 0.370. The van der Waals surface area contributed by atoms with Crippen LogP contribution in [0.5, 0.6) is 11.5 Å². The molecule has 2 aromatic carbocycles. The van der Waals surface area contributed by atoms with E-state index in [0.717, 1.165) is 0 Å². The Morgan fingerprint density at radius 3 is 2.64 bits per heavy atom. The molecule has 39 heavy (non-hydrogen) atoms. The van der Waals surface area contributed by atoms with E-state index in [4.69, 9.17) is 19.3 Å². The molecule has 0 saturated heterocycles. The summed E-state index contributed by atoms with van der Waals surface area (Å²) in [7, 11) is 2.74. The van der Waals surface area contributed by atoms with Gasteiger partial charge in [0.05, 0.1) is 23.3 Å². The average molecular weight is 656 g/mol. The van der Waals surface area contributed by atoms with E-state index in [0.29, 0.717) is 15.4 Å². The molecule has 0 bridgehead atoms. The number of rotatable bonds is 12. The monoisotopic (exact) mass is 656 g/mol. The summed E-state index contributed by atoms with van der Waals surface area (Å²) in [4.78, 5) is 38.7. The SMILES string of the molecule is COCC(=O)N(Cc1ccccc1F)[C@@H]1CC(C(=O)NCCO)=C[C@H](Oc2c(I)cc(C=O)cc2OC)[C@H]1O. The molecule has 3 atom stereocenters. The van der Waals surface area contributed by atoms with Gasteiger partial charge in [0, 0.05) is 43.3 Å². The normalized spacial score (nSPS) is 18.6. The maximum Gasteiger partial charge on any atom is 0.249 e. The number of amides is 2. The zero-order valence-corrected chi connectivity index (χ0v) is 23.6. The fourth-order valence-electron chi connectivity index (χ4n) is 4.24. The number of aliphatic hydroxyl groups excluding tert-OH is 2. The molecule has 10 nitrogen and oxygen atoms in total. The van der Waals surface area contributed by atoms with Crippen LogP contribution in [-0.4, -0.2) is 85.4 Å². The third kappa shape index (κ3) is 7.53. The number of aldehydes is 1. The molecule has 0 spiro atoms. The highest BCUT2D eigenvalue weighted by Gasteiger charge is 2.41. The van der Waals surface area contributed by atoms with Crippen molar-refractivity contribution in [3.63, 3.8) is 0 Å². The molecule has 3 rings (SSSR count). The van der Waals surface area contributed by atoms with Gasteiger partial charge in [0.1, 0.15) is 30.9 Å². The van der Waals surface area contributed by atoms with Crippen molar-refractivity contribution < 1.29 is 43.2 Å². The highest BCUT2D eigenvalue weighted by molar-refractivity contribution is 14.1. The van der Waals surface area contributed by atoms with E-state index in [2.05, 4.69) is 5.32 Å². The zero-order valence-electron chi connectivity index (χ0n) is 21.4. The van der Waals surface area contributed by atoms with Gasteiger partial charge in [-0.1, -0.05) is 18.2 Å². The van der Waals surface area contributed by atoms with Gasteiger partial charge in [-0.2, -0.15) is 0 Å². The smallest absolute Gasteiger partial charge is 0.249 e.